The minimum atomic E-state index is -0.413. The Morgan fingerprint density at radius 3 is 2.45 bits per heavy atom. The van der Waals surface area contributed by atoms with Crippen molar-refractivity contribution in [2.75, 3.05) is 13.2 Å². The zero-order valence-corrected chi connectivity index (χ0v) is 11.4. The van der Waals surface area contributed by atoms with Crippen LogP contribution in [0.15, 0.2) is 50.0 Å². The van der Waals surface area contributed by atoms with Gasteiger partial charge in [-0.3, -0.25) is 0 Å². The Morgan fingerprint density at radius 1 is 0.818 bits per heavy atom. The highest BCUT2D eigenvalue weighted by Crippen LogP contribution is 2.39. The fourth-order valence-corrected chi connectivity index (χ4v) is 2.92. The molecule has 0 aliphatic carbocycles. The molecule has 0 saturated carbocycles. The van der Waals surface area contributed by atoms with Crippen LogP contribution in [0.4, 0.5) is 0 Å². The lowest BCUT2D eigenvalue weighted by Crippen LogP contribution is -2.15. The zero-order valence-electron chi connectivity index (χ0n) is 11.4. The van der Waals surface area contributed by atoms with E-state index in [9.17, 15) is 4.79 Å². The summed E-state index contributed by atoms with van der Waals surface area (Å²) in [4.78, 5) is 12.3. The summed E-state index contributed by atoms with van der Waals surface area (Å²) < 4.78 is 22.5. The highest BCUT2D eigenvalue weighted by Gasteiger charge is 2.20. The molecule has 1 aliphatic rings. The van der Waals surface area contributed by atoms with Gasteiger partial charge in [0.15, 0.2) is 17.1 Å². The van der Waals surface area contributed by atoms with Gasteiger partial charge in [-0.2, -0.15) is 0 Å². The van der Waals surface area contributed by atoms with Crippen molar-refractivity contribution >= 4 is 32.9 Å². The molecule has 3 heterocycles. The van der Waals surface area contributed by atoms with E-state index in [1.807, 2.05) is 18.2 Å². The number of para-hydroxylation sites is 1. The SMILES string of the molecule is O=c1oc2ccccc2c2oc3cc4c(cc3c12)OCCO4. The molecule has 22 heavy (non-hydrogen) atoms. The summed E-state index contributed by atoms with van der Waals surface area (Å²) in [5.74, 6) is 1.25. The Labute approximate surface area is 123 Å². The molecule has 108 valence electrons. The topological polar surface area (TPSA) is 61.8 Å². The maximum atomic E-state index is 12.3. The third-order valence-electron chi connectivity index (χ3n) is 3.89. The standard InChI is InChI=1S/C17H10O5/c18-17-15-10-7-13-14(20-6-5-19-13)8-12(10)21-16(15)9-3-1-2-4-11(9)22-17/h1-4,7-8H,5-6H2. The van der Waals surface area contributed by atoms with Crippen LogP contribution in [-0.4, -0.2) is 13.2 Å². The molecule has 0 amide bonds. The Kier molecular flexibility index (Phi) is 2.14. The number of benzene rings is 2. The molecule has 0 saturated heterocycles. The van der Waals surface area contributed by atoms with Crippen molar-refractivity contribution in [3.8, 4) is 11.5 Å². The van der Waals surface area contributed by atoms with Crippen molar-refractivity contribution in [1.29, 1.82) is 0 Å². The summed E-state index contributed by atoms with van der Waals surface area (Å²) in [5, 5.41) is 1.89. The van der Waals surface area contributed by atoms with Gasteiger partial charge in [0.1, 0.15) is 29.8 Å². The average Bonchev–Trinajstić information content (AvgIpc) is 2.92. The van der Waals surface area contributed by atoms with Crippen LogP contribution in [0, 0.1) is 0 Å². The smallest absolute Gasteiger partial charge is 0.348 e. The Morgan fingerprint density at radius 2 is 1.59 bits per heavy atom. The van der Waals surface area contributed by atoms with Gasteiger partial charge in [-0.05, 0) is 18.2 Å². The van der Waals surface area contributed by atoms with Crippen LogP contribution >= 0.6 is 0 Å². The van der Waals surface area contributed by atoms with Crippen LogP contribution in [-0.2, 0) is 0 Å². The predicted octanol–water partition coefficient (Wildman–Crippen LogP) is 3.46. The van der Waals surface area contributed by atoms with E-state index in [-0.39, 0.29) is 0 Å². The van der Waals surface area contributed by atoms with Crippen LogP contribution in [0.1, 0.15) is 0 Å². The van der Waals surface area contributed by atoms with E-state index in [1.54, 1.807) is 18.2 Å². The monoisotopic (exact) mass is 294 g/mol. The van der Waals surface area contributed by atoms with Crippen LogP contribution in [0.25, 0.3) is 32.9 Å². The van der Waals surface area contributed by atoms with Crippen LogP contribution < -0.4 is 15.1 Å². The highest BCUT2D eigenvalue weighted by molar-refractivity contribution is 6.13. The molecule has 5 nitrogen and oxygen atoms in total. The van der Waals surface area contributed by atoms with Gasteiger partial charge in [0.25, 0.3) is 0 Å². The van der Waals surface area contributed by atoms with Crippen molar-refractivity contribution in [3.05, 3.63) is 46.8 Å². The van der Waals surface area contributed by atoms with Crippen molar-refractivity contribution in [3.63, 3.8) is 0 Å². The van der Waals surface area contributed by atoms with Gasteiger partial charge in [-0.1, -0.05) is 12.1 Å². The van der Waals surface area contributed by atoms with E-state index in [4.69, 9.17) is 18.3 Å². The number of hydrogen-bond donors (Lipinski definition) is 0. The third-order valence-corrected chi connectivity index (χ3v) is 3.89. The molecule has 2 aromatic carbocycles. The first-order chi connectivity index (χ1) is 10.8. The second-order valence-electron chi connectivity index (χ2n) is 5.18. The molecular formula is C17H10O5. The molecule has 0 radical (unpaired) electrons. The van der Waals surface area contributed by atoms with Crippen molar-refractivity contribution in [2.24, 2.45) is 0 Å². The molecule has 5 rings (SSSR count). The largest absolute Gasteiger partial charge is 0.486 e. The average molecular weight is 294 g/mol. The quantitative estimate of drug-likeness (QED) is 0.465. The number of fused-ring (bicyclic) bond motifs is 6. The summed E-state index contributed by atoms with van der Waals surface area (Å²) in [7, 11) is 0. The van der Waals surface area contributed by atoms with Gasteiger partial charge in [-0.15, -0.1) is 0 Å². The second-order valence-corrected chi connectivity index (χ2v) is 5.18. The number of rotatable bonds is 0. The van der Waals surface area contributed by atoms with E-state index in [1.165, 1.54) is 0 Å². The van der Waals surface area contributed by atoms with Crippen molar-refractivity contribution < 1.29 is 18.3 Å². The van der Waals surface area contributed by atoms with Crippen LogP contribution in [0.5, 0.6) is 11.5 Å². The highest BCUT2D eigenvalue weighted by atomic mass is 16.6. The lowest BCUT2D eigenvalue weighted by Gasteiger charge is -2.17. The number of ether oxygens (including phenoxy) is 2. The van der Waals surface area contributed by atoms with E-state index in [0.717, 1.165) is 5.39 Å². The first kappa shape index (κ1) is 11.7. The summed E-state index contributed by atoms with van der Waals surface area (Å²) in [6.07, 6.45) is 0. The lowest BCUT2D eigenvalue weighted by atomic mass is 10.1. The molecule has 0 bridgehead atoms. The Hall–Kier alpha value is -2.95. The predicted molar refractivity (Wildman–Crippen MR) is 80.8 cm³/mol. The molecular weight excluding hydrogens is 284 g/mol. The lowest BCUT2D eigenvalue weighted by molar-refractivity contribution is 0.172. The molecule has 4 aromatic rings. The maximum Gasteiger partial charge on any atom is 0.348 e. The molecule has 0 fully saturated rings. The molecule has 0 atom stereocenters. The minimum absolute atomic E-state index is 0.413. The van der Waals surface area contributed by atoms with Crippen LogP contribution in [0.3, 0.4) is 0 Å². The molecule has 1 aliphatic heterocycles. The van der Waals surface area contributed by atoms with Gasteiger partial charge >= 0.3 is 5.63 Å². The van der Waals surface area contributed by atoms with Crippen LogP contribution in [0.2, 0.25) is 0 Å². The normalized spacial score (nSPS) is 14.0. The first-order valence-electron chi connectivity index (χ1n) is 6.99. The molecule has 5 heteroatoms. The van der Waals surface area contributed by atoms with Gasteiger partial charge in [0.2, 0.25) is 0 Å². The third kappa shape index (κ3) is 1.45. The van der Waals surface area contributed by atoms with E-state index in [2.05, 4.69) is 0 Å². The fraction of sp³-hybridized carbons (Fsp3) is 0.118. The van der Waals surface area contributed by atoms with E-state index >= 15 is 0 Å². The summed E-state index contributed by atoms with van der Waals surface area (Å²) in [6.45, 7) is 0.996. The maximum absolute atomic E-state index is 12.3. The van der Waals surface area contributed by atoms with Gasteiger partial charge < -0.3 is 18.3 Å². The second kappa shape index (κ2) is 4.04. The van der Waals surface area contributed by atoms with Gasteiger partial charge in [-0.25, -0.2) is 4.79 Å². The first-order valence-corrected chi connectivity index (χ1v) is 6.99. The fourth-order valence-electron chi connectivity index (χ4n) is 2.92. The summed E-state index contributed by atoms with van der Waals surface area (Å²) in [6, 6.07) is 10.9. The summed E-state index contributed by atoms with van der Waals surface area (Å²) in [5.41, 5.74) is 1.22. The minimum Gasteiger partial charge on any atom is -0.486 e. The van der Waals surface area contributed by atoms with Crippen molar-refractivity contribution in [1.82, 2.24) is 0 Å². The van der Waals surface area contributed by atoms with Crippen molar-refractivity contribution in [2.45, 2.75) is 0 Å². The van der Waals surface area contributed by atoms with E-state index < -0.39 is 5.63 Å². The Bertz CT molecular complexity index is 1100. The Balaban J connectivity index is 2.00. The van der Waals surface area contributed by atoms with Gasteiger partial charge in [0.05, 0.1) is 5.39 Å². The van der Waals surface area contributed by atoms with Gasteiger partial charge in [0, 0.05) is 11.5 Å². The summed E-state index contributed by atoms with van der Waals surface area (Å²) >= 11 is 0. The van der Waals surface area contributed by atoms with E-state index in [0.29, 0.717) is 52.2 Å². The molecule has 0 N–H and O–H groups in total. The zero-order chi connectivity index (χ0) is 14.7. The molecule has 0 unspecified atom stereocenters. The number of hydrogen-bond acceptors (Lipinski definition) is 5. The molecule has 2 aromatic heterocycles. The molecule has 0 spiro atoms. The number of furan rings is 1.